The van der Waals surface area contributed by atoms with Gasteiger partial charge in [-0.05, 0) is 17.7 Å². The summed E-state index contributed by atoms with van der Waals surface area (Å²) in [6.07, 6.45) is -4.30. The smallest absolute Gasteiger partial charge is 0.379 e. The van der Waals surface area contributed by atoms with Crippen molar-refractivity contribution in [2.45, 2.75) is 12.2 Å². The van der Waals surface area contributed by atoms with E-state index in [1.165, 1.54) is 12.1 Å². The summed E-state index contributed by atoms with van der Waals surface area (Å²) in [5.41, 5.74) is 5.94. The third kappa shape index (κ3) is 3.46. The van der Waals surface area contributed by atoms with Crippen LogP contribution in [0.2, 0.25) is 0 Å². The molecule has 0 aromatic heterocycles. The summed E-state index contributed by atoms with van der Waals surface area (Å²) >= 11 is 0. The number of alkyl halides is 3. The molecule has 1 aliphatic rings. The summed E-state index contributed by atoms with van der Waals surface area (Å²) in [5.74, 6) is 0. The van der Waals surface area contributed by atoms with Crippen LogP contribution in [0, 0.1) is 0 Å². The highest BCUT2D eigenvalue weighted by Crippen LogP contribution is 2.30. The second kappa shape index (κ2) is 5.90. The van der Waals surface area contributed by atoms with Gasteiger partial charge in [-0.1, -0.05) is 12.1 Å². The number of nitrogens with two attached hydrogens (primary N) is 1. The molecule has 0 saturated carbocycles. The molecule has 1 saturated heterocycles. The first kappa shape index (κ1) is 14.3. The maximum atomic E-state index is 12.5. The molecule has 106 valence electrons. The summed E-state index contributed by atoms with van der Waals surface area (Å²) in [6.45, 7) is 3.16. The van der Waals surface area contributed by atoms with Crippen molar-refractivity contribution < 1.29 is 17.9 Å². The fraction of sp³-hybridized carbons (Fsp3) is 0.538. The minimum atomic E-state index is -4.30. The van der Waals surface area contributed by atoms with Gasteiger partial charge in [-0.3, -0.25) is 4.90 Å². The summed E-state index contributed by atoms with van der Waals surface area (Å²) < 4.78 is 42.8. The third-order valence-corrected chi connectivity index (χ3v) is 3.33. The number of halogens is 3. The zero-order valence-corrected chi connectivity index (χ0v) is 10.5. The first-order valence-electron chi connectivity index (χ1n) is 6.21. The van der Waals surface area contributed by atoms with Crippen LogP contribution in [0.4, 0.5) is 13.2 Å². The Kier molecular flexibility index (Phi) is 4.44. The van der Waals surface area contributed by atoms with Crippen molar-refractivity contribution in [2.75, 3.05) is 32.8 Å². The van der Waals surface area contributed by atoms with Crippen LogP contribution < -0.4 is 5.73 Å². The van der Waals surface area contributed by atoms with Gasteiger partial charge < -0.3 is 10.5 Å². The molecule has 1 unspecified atom stereocenters. The first-order valence-corrected chi connectivity index (χ1v) is 6.21. The van der Waals surface area contributed by atoms with Gasteiger partial charge in [0.1, 0.15) is 0 Å². The van der Waals surface area contributed by atoms with E-state index in [0.29, 0.717) is 19.8 Å². The molecule has 1 fully saturated rings. The minimum Gasteiger partial charge on any atom is -0.379 e. The maximum absolute atomic E-state index is 12.5. The Morgan fingerprint density at radius 1 is 1.16 bits per heavy atom. The fourth-order valence-corrected chi connectivity index (χ4v) is 2.28. The lowest BCUT2D eigenvalue weighted by atomic mass is 10.0. The van der Waals surface area contributed by atoms with E-state index < -0.39 is 11.7 Å². The number of rotatable bonds is 3. The van der Waals surface area contributed by atoms with Crippen molar-refractivity contribution in [2.24, 2.45) is 5.73 Å². The summed E-state index contributed by atoms with van der Waals surface area (Å²) in [6, 6.07) is 5.19. The zero-order valence-electron chi connectivity index (χ0n) is 10.5. The number of hydrogen-bond acceptors (Lipinski definition) is 3. The van der Waals surface area contributed by atoms with Gasteiger partial charge in [0.25, 0.3) is 0 Å². The van der Waals surface area contributed by atoms with Gasteiger partial charge in [0.15, 0.2) is 0 Å². The molecule has 0 aliphatic carbocycles. The van der Waals surface area contributed by atoms with Crippen molar-refractivity contribution >= 4 is 0 Å². The van der Waals surface area contributed by atoms with Crippen molar-refractivity contribution in [1.29, 1.82) is 0 Å². The molecule has 0 spiro atoms. The predicted molar refractivity (Wildman–Crippen MR) is 65.6 cm³/mol. The van der Waals surface area contributed by atoms with Crippen LogP contribution in [-0.4, -0.2) is 37.7 Å². The number of nitrogens with zero attached hydrogens (tertiary/aromatic N) is 1. The summed E-state index contributed by atoms with van der Waals surface area (Å²) in [7, 11) is 0. The lowest BCUT2D eigenvalue weighted by Crippen LogP contribution is -2.41. The molecule has 19 heavy (non-hydrogen) atoms. The lowest BCUT2D eigenvalue weighted by Gasteiger charge is -2.34. The molecule has 3 nitrogen and oxygen atoms in total. The molecule has 1 atom stereocenters. The molecule has 0 bridgehead atoms. The maximum Gasteiger partial charge on any atom is 0.416 e. The van der Waals surface area contributed by atoms with Crippen LogP contribution in [0.5, 0.6) is 0 Å². The van der Waals surface area contributed by atoms with Gasteiger partial charge in [-0.2, -0.15) is 13.2 Å². The monoisotopic (exact) mass is 274 g/mol. The van der Waals surface area contributed by atoms with Crippen LogP contribution >= 0.6 is 0 Å². The van der Waals surface area contributed by atoms with Gasteiger partial charge in [-0.15, -0.1) is 0 Å². The molecule has 1 aliphatic heterocycles. The molecule has 2 N–H and O–H groups in total. The van der Waals surface area contributed by atoms with Crippen molar-refractivity contribution in [3.63, 3.8) is 0 Å². The first-order chi connectivity index (χ1) is 9.02. The third-order valence-electron chi connectivity index (χ3n) is 3.33. The van der Waals surface area contributed by atoms with Crippen molar-refractivity contribution in [3.05, 3.63) is 35.4 Å². The second-order valence-corrected chi connectivity index (χ2v) is 4.52. The Hall–Kier alpha value is -1.11. The van der Waals surface area contributed by atoms with E-state index in [1.807, 2.05) is 0 Å². The van der Waals surface area contributed by atoms with Gasteiger partial charge in [0.05, 0.1) is 18.8 Å². The van der Waals surface area contributed by atoms with Gasteiger partial charge in [0, 0.05) is 25.7 Å². The Labute approximate surface area is 110 Å². The number of hydrogen-bond donors (Lipinski definition) is 1. The molecule has 0 radical (unpaired) electrons. The standard InChI is InChI=1S/C13H17F3N2O/c14-13(15,16)11-3-1-10(2-4-11)12(9-17)18-5-7-19-8-6-18/h1-4,12H,5-9,17H2. The quantitative estimate of drug-likeness (QED) is 0.916. The zero-order chi connectivity index (χ0) is 13.9. The van der Waals surface area contributed by atoms with E-state index in [1.54, 1.807) is 0 Å². The molecular formula is C13H17F3N2O. The van der Waals surface area contributed by atoms with Gasteiger partial charge in [-0.25, -0.2) is 0 Å². The molecule has 2 rings (SSSR count). The normalized spacial score (nSPS) is 19.4. The fourth-order valence-electron chi connectivity index (χ4n) is 2.28. The largest absolute Gasteiger partial charge is 0.416 e. The Morgan fingerprint density at radius 2 is 1.74 bits per heavy atom. The molecular weight excluding hydrogens is 257 g/mol. The highest BCUT2D eigenvalue weighted by Gasteiger charge is 2.30. The summed E-state index contributed by atoms with van der Waals surface area (Å²) in [4.78, 5) is 2.14. The average molecular weight is 274 g/mol. The van der Waals surface area contributed by atoms with E-state index in [0.717, 1.165) is 30.8 Å². The number of ether oxygens (including phenoxy) is 1. The Bertz CT molecular complexity index is 399. The number of morpholine rings is 1. The van der Waals surface area contributed by atoms with E-state index in [-0.39, 0.29) is 6.04 Å². The van der Waals surface area contributed by atoms with Crippen LogP contribution in [0.1, 0.15) is 17.2 Å². The van der Waals surface area contributed by atoms with Crippen LogP contribution in [0.15, 0.2) is 24.3 Å². The van der Waals surface area contributed by atoms with Crippen molar-refractivity contribution in [3.8, 4) is 0 Å². The average Bonchev–Trinajstić information content (AvgIpc) is 2.40. The topological polar surface area (TPSA) is 38.5 Å². The van der Waals surface area contributed by atoms with E-state index in [9.17, 15) is 13.2 Å². The molecule has 1 aromatic rings. The number of benzene rings is 1. The molecule has 1 heterocycles. The van der Waals surface area contributed by atoms with Crippen molar-refractivity contribution in [1.82, 2.24) is 4.90 Å². The highest BCUT2D eigenvalue weighted by molar-refractivity contribution is 5.27. The SMILES string of the molecule is NCC(c1ccc(C(F)(F)F)cc1)N1CCOCC1. The van der Waals surface area contributed by atoms with Crippen LogP contribution in [0.3, 0.4) is 0 Å². The molecule has 0 amide bonds. The Balaban J connectivity index is 2.14. The lowest BCUT2D eigenvalue weighted by molar-refractivity contribution is -0.137. The van der Waals surface area contributed by atoms with Crippen LogP contribution in [-0.2, 0) is 10.9 Å². The summed E-state index contributed by atoms with van der Waals surface area (Å²) in [5, 5.41) is 0. The molecule has 1 aromatic carbocycles. The van der Waals surface area contributed by atoms with E-state index in [2.05, 4.69) is 4.90 Å². The molecule has 6 heteroatoms. The van der Waals surface area contributed by atoms with Crippen LogP contribution in [0.25, 0.3) is 0 Å². The van der Waals surface area contributed by atoms with Gasteiger partial charge >= 0.3 is 6.18 Å². The van der Waals surface area contributed by atoms with E-state index in [4.69, 9.17) is 10.5 Å². The van der Waals surface area contributed by atoms with Gasteiger partial charge in [0.2, 0.25) is 0 Å². The predicted octanol–water partition coefficient (Wildman–Crippen LogP) is 2.04. The Morgan fingerprint density at radius 3 is 2.21 bits per heavy atom. The highest BCUT2D eigenvalue weighted by atomic mass is 19.4. The second-order valence-electron chi connectivity index (χ2n) is 4.52. The minimum absolute atomic E-state index is 0.0498. The van der Waals surface area contributed by atoms with E-state index >= 15 is 0 Å².